The normalized spacial score (nSPS) is 12.3. The molecule has 0 spiro atoms. The minimum absolute atomic E-state index is 0.0676. The Labute approximate surface area is 205 Å². The number of fused-ring (bicyclic) bond motifs is 1. The third kappa shape index (κ3) is 7.43. The van der Waals surface area contributed by atoms with Crippen molar-refractivity contribution in [3.8, 4) is 5.75 Å². The number of hydrogen-bond donors (Lipinski definition) is 3. The molecule has 0 aliphatic heterocycles. The Morgan fingerprint density at radius 3 is 2.50 bits per heavy atom. The van der Waals surface area contributed by atoms with E-state index in [1.807, 2.05) is 36.4 Å². The van der Waals surface area contributed by atoms with E-state index in [2.05, 4.69) is 24.1 Å². The largest absolute Gasteiger partial charge is 0.506 e. The molecular weight excluding hydrogens is 448 g/mol. The highest BCUT2D eigenvalue weighted by molar-refractivity contribution is 7.16. The van der Waals surface area contributed by atoms with E-state index in [0.29, 0.717) is 30.8 Å². The number of carbonyl (C=O) groups excluding carboxylic acids is 1. The molecule has 7 heteroatoms. The van der Waals surface area contributed by atoms with Crippen LogP contribution in [0.15, 0.2) is 47.3 Å². The van der Waals surface area contributed by atoms with Gasteiger partial charge < -0.3 is 20.1 Å². The molecule has 0 fully saturated rings. The lowest BCUT2D eigenvalue weighted by molar-refractivity contribution is -0.150. The average Bonchev–Trinajstić information content (AvgIpc) is 3.24. The maximum atomic E-state index is 13.0. The summed E-state index contributed by atoms with van der Waals surface area (Å²) in [6.45, 7) is 5.42. The van der Waals surface area contributed by atoms with Gasteiger partial charge in [0, 0.05) is 6.04 Å². The van der Waals surface area contributed by atoms with Crippen LogP contribution in [0.3, 0.4) is 0 Å². The number of thiazole rings is 1. The molecule has 1 aromatic heterocycles. The fourth-order valence-corrected chi connectivity index (χ4v) is 5.23. The summed E-state index contributed by atoms with van der Waals surface area (Å²) in [6.07, 6.45) is 6.48. The van der Waals surface area contributed by atoms with Crippen LogP contribution in [0.1, 0.15) is 63.5 Å². The molecule has 0 saturated heterocycles. The van der Waals surface area contributed by atoms with Gasteiger partial charge in [-0.3, -0.25) is 9.59 Å². The highest BCUT2D eigenvalue weighted by Crippen LogP contribution is 2.29. The van der Waals surface area contributed by atoms with Crippen LogP contribution in [0.4, 0.5) is 0 Å². The molecule has 2 aromatic carbocycles. The number of hydrogen-bond acceptors (Lipinski definition) is 6. The molecule has 184 valence electrons. The molecule has 0 bridgehead atoms. The van der Waals surface area contributed by atoms with Crippen molar-refractivity contribution in [3.63, 3.8) is 0 Å². The van der Waals surface area contributed by atoms with Crippen molar-refractivity contribution in [2.24, 2.45) is 5.92 Å². The number of rotatable bonds is 14. The van der Waals surface area contributed by atoms with Gasteiger partial charge in [-0.05, 0) is 55.8 Å². The molecule has 0 radical (unpaired) electrons. The number of carbonyl (C=O) groups is 1. The van der Waals surface area contributed by atoms with Gasteiger partial charge in [-0.25, -0.2) is 0 Å². The van der Waals surface area contributed by atoms with Gasteiger partial charge in [0.1, 0.15) is 17.9 Å². The second-order valence-corrected chi connectivity index (χ2v) is 9.79. The van der Waals surface area contributed by atoms with E-state index in [1.54, 1.807) is 6.07 Å². The van der Waals surface area contributed by atoms with Crippen molar-refractivity contribution in [1.82, 2.24) is 10.3 Å². The zero-order valence-corrected chi connectivity index (χ0v) is 21.0. The number of esters is 1. The lowest BCUT2D eigenvalue weighted by Gasteiger charge is -2.20. The van der Waals surface area contributed by atoms with Crippen LogP contribution in [0.5, 0.6) is 5.75 Å². The number of aryl methyl sites for hydroxylation is 1. The quantitative estimate of drug-likeness (QED) is 0.262. The van der Waals surface area contributed by atoms with Crippen LogP contribution in [-0.2, 0) is 22.6 Å². The van der Waals surface area contributed by atoms with E-state index >= 15 is 0 Å². The monoisotopic (exact) mass is 484 g/mol. The Morgan fingerprint density at radius 2 is 1.79 bits per heavy atom. The van der Waals surface area contributed by atoms with E-state index in [0.717, 1.165) is 59.4 Å². The van der Waals surface area contributed by atoms with Crippen LogP contribution >= 0.6 is 11.3 Å². The number of H-pyrrole nitrogens is 1. The molecule has 3 aromatic rings. The molecule has 1 heterocycles. The first kappa shape index (κ1) is 26.0. The first-order valence-electron chi connectivity index (χ1n) is 12.3. The third-order valence-electron chi connectivity index (χ3n) is 6.16. The van der Waals surface area contributed by atoms with Crippen LogP contribution in [-0.4, -0.2) is 28.6 Å². The van der Waals surface area contributed by atoms with Crippen LogP contribution in [0, 0.1) is 5.92 Å². The summed E-state index contributed by atoms with van der Waals surface area (Å²) in [4.78, 5) is 27.4. The number of phenols is 1. The predicted molar refractivity (Wildman–Crippen MR) is 138 cm³/mol. The number of aromatic hydroxyl groups is 1. The van der Waals surface area contributed by atoms with Crippen molar-refractivity contribution < 1.29 is 14.6 Å². The fraction of sp³-hybridized carbons (Fsp3) is 0.481. The number of ether oxygens (including phenoxy) is 1. The second kappa shape index (κ2) is 13.3. The summed E-state index contributed by atoms with van der Waals surface area (Å²) in [6, 6.07) is 13.6. The molecular formula is C27H36N2O4S. The maximum Gasteiger partial charge on any atom is 0.309 e. The summed E-state index contributed by atoms with van der Waals surface area (Å²) >= 11 is 1.09. The average molecular weight is 485 g/mol. The standard InChI is InChI=1S/C27H36N2O4S/c1-3-8-22(9-4-2)28-17-16-21(26(31)33-18-19-10-6-5-7-11-19)13-12-20-14-15-23(30)24-25(20)34-27(32)29-24/h5-7,10-11,14-15,21-22,28,30H,3-4,8-9,12-13,16-18H2,1-2H3,(H,29,32). The second-order valence-electron chi connectivity index (χ2n) is 8.81. The zero-order chi connectivity index (χ0) is 24.3. The topological polar surface area (TPSA) is 91.4 Å². The molecule has 0 aliphatic rings. The Kier molecular flexibility index (Phi) is 10.2. The van der Waals surface area contributed by atoms with E-state index in [1.165, 1.54) is 0 Å². The molecule has 0 saturated carbocycles. The Balaban J connectivity index is 1.67. The Hall–Kier alpha value is -2.64. The summed E-state index contributed by atoms with van der Waals surface area (Å²) in [5, 5.41) is 13.7. The zero-order valence-electron chi connectivity index (χ0n) is 20.1. The molecule has 0 aliphatic carbocycles. The molecule has 1 atom stereocenters. The molecule has 0 amide bonds. The molecule has 34 heavy (non-hydrogen) atoms. The third-order valence-corrected chi connectivity index (χ3v) is 7.12. The molecule has 6 nitrogen and oxygen atoms in total. The van der Waals surface area contributed by atoms with Crippen molar-refractivity contribution in [2.75, 3.05) is 6.54 Å². The number of aromatic amines is 1. The number of phenolic OH excluding ortho intramolecular Hbond substituents is 1. The lowest BCUT2D eigenvalue weighted by atomic mass is 9.95. The minimum Gasteiger partial charge on any atom is -0.506 e. The predicted octanol–water partition coefficient (Wildman–Crippen LogP) is 5.54. The van der Waals surface area contributed by atoms with E-state index in [4.69, 9.17) is 4.74 Å². The first-order chi connectivity index (χ1) is 16.5. The van der Waals surface area contributed by atoms with E-state index in [9.17, 15) is 14.7 Å². The van der Waals surface area contributed by atoms with Gasteiger partial charge in [0.2, 0.25) is 0 Å². The molecule has 3 rings (SSSR count). The summed E-state index contributed by atoms with van der Waals surface area (Å²) in [7, 11) is 0. The highest BCUT2D eigenvalue weighted by Gasteiger charge is 2.22. The van der Waals surface area contributed by atoms with Crippen molar-refractivity contribution in [2.45, 2.75) is 71.4 Å². The lowest BCUT2D eigenvalue weighted by Crippen LogP contribution is -2.32. The molecule has 3 N–H and O–H groups in total. The fourth-order valence-electron chi connectivity index (χ4n) is 4.33. The Morgan fingerprint density at radius 1 is 1.06 bits per heavy atom. The van der Waals surface area contributed by atoms with Crippen LogP contribution < -0.4 is 10.2 Å². The van der Waals surface area contributed by atoms with Gasteiger partial charge in [0.05, 0.1) is 10.6 Å². The van der Waals surface area contributed by atoms with Crippen LogP contribution in [0.25, 0.3) is 10.2 Å². The van der Waals surface area contributed by atoms with Gasteiger partial charge in [0.15, 0.2) is 0 Å². The SMILES string of the molecule is CCCC(CCC)NCCC(CCc1ccc(O)c2[nH]c(=O)sc12)C(=O)OCc1ccccc1. The summed E-state index contributed by atoms with van der Waals surface area (Å²) in [5.74, 6) is -0.372. The first-order valence-corrected chi connectivity index (χ1v) is 13.1. The molecule has 1 unspecified atom stereocenters. The number of aromatic nitrogens is 1. The van der Waals surface area contributed by atoms with Gasteiger partial charge in [-0.2, -0.15) is 0 Å². The number of benzene rings is 2. The van der Waals surface area contributed by atoms with Crippen LogP contribution in [0.2, 0.25) is 0 Å². The maximum absolute atomic E-state index is 13.0. The Bertz CT molecular complexity index is 1090. The van der Waals surface area contributed by atoms with Gasteiger partial charge in [-0.1, -0.05) is 74.4 Å². The highest BCUT2D eigenvalue weighted by atomic mass is 32.1. The van der Waals surface area contributed by atoms with Crippen molar-refractivity contribution in [1.29, 1.82) is 0 Å². The summed E-state index contributed by atoms with van der Waals surface area (Å²) < 4.78 is 6.44. The van der Waals surface area contributed by atoms with E-state index < -0.39 is 0 Å². The summed E-state index contributed by atoms with van der Waals surface area (Å²) in [5.41, 5.74) is 2.40. The van der Waals surface area contributed by atoms with Gasteiger partial charge in [-0.15, -0.1) is 0 Å². The number of nitrogens with one attached hydrogen (secondary N) is 2. The van der Waals surface area contributed by atoms with Crippen molar-refractivity contribution >= 4 is 27.5 Å². The smallest absolute Gasteiger partial charge is 0.309 e. The minimum atomic E-state index is -0.250. The van der Waals surface area contributed by atoms with E-state index in [-0.39, 0.29) is 29.1 Å². The van der Waals surface area contributed by atoms with Gasteiger partial charge in [0.25, 0.3) is 0 Å². The van der Waals surface area contributed by atoms with Gasteiger partial charge >= 0.3 is 10.8 Å². The van der Waals surface area contributed by atoms with Crippen molar-refractivity contribution in [3.05, 3.63) is 63.3 Å².